The first-order valence-corrected chi connectivity index (χ1v) is 10.8. The van der Waals surface area contributed by atoms with Crippen LogP contribution in [-0.4, -0.2) is 36.8 Å². The maximum Gasteiger partial charge on any atom is 0.338 e. The Kier molecular flexibility index (Phi) is 6.63. The monoisotopic (exact) mass is 432 g/mol. The highest BCUT2D eigenvalue weighted by Crippen LogP contribution is 2.20. The van der Waals surface area contributed by atoms with Crippen molar-refractivity contribution in [1.82, 2.24) is 9.29 Å². The van der Waals surface area contributed by atoms with E-state index in [1.165, 1.54) is 59.1 Å². The number of ether oxygens (including phenoxy) is 1. The van der Waals surface area contributed by atoms with Crippen LogP contribution >= 0.6 is 0 Å². The average Bonchev–Trinajstić information content (AvgIpc) is 3.22. The fraction of sp³-hybridized carbons (Fsp3) is 0.238. The minimum absolute atomic E-state index is 0.114. The molecule has 2 aromatic carbocycles. The summed E-state index contributed by atoms with van der Waals surface area (Å²) in [7, 11) is -3.59. The minimum Gasteiger partial charge on any atom is -0.455 e. The van der Waals surface area contributed by atoms with Gasteiger partial charge >= 0.3 is 5.97 Å². The van der Waals surface area contributed by atoms with Gasteiger partial charge in [-0.1, -0.05) is 13.8 Å². The normalized spacial score (nSPS) is 11.6. The van der Waals surface area contributed by atoms with Crippen molar-refractivity contribution in [3.05, 3.63) is 71.9 Å². The van der Waals surface area contributed by atoms with E-state index in [0.29, 0.717) is 24.3 Å². The van der Waals surface area contributed by atoms with E-state index in [9.17, 15) is 17.6 Å². The van der Waals surface area contributed by atoms with Crippen LogP contribution in [0.1, 0.15) is 29.9 Å². The number of hydrogen-bond donors (Lipinski definition) is 0. The zero-order valence-corrected chi connectivity index (χ0v) is 17.4. The summed E-state index contributed by atoms with van der Waals surface area (Å²) in [6, 6.07) is 11.2. The molecule has 0 spiro atoms. The zero-order valence-electron chi connectivity index (χ0n) is 16.5. The fourth-order valence-corrected chi connectivity index (χ4v) is 4.25. The highest BCUT2D eigenvalue weighted by molar-refractivity contribution is 7.89. The van der Waals surface area contributed by atoms with Gasteiger partial charge in [-0.05, 0) is 48.5 Å². The van der Waals surface area contributed by atoms with Gasteiger partial charge in [0.15, 0.2) is 0 Å². The van der Waals surface area contributed by atoms with Gasteiger partial charge < -0.3 is 9.15 Å². The molecule has 0 atom stereocenters. The molecule has 0 radical (unpaired) electrons. The summed E-state index contributed by atoms with van der Waals surface area (Å²) >= 11 is 0. The molecule has 7 nitrogen and oxygen atoms in total. The van der Waals surface area contributed by atoms with Crippen LogP contribution in [-0.2, 0) is 21.4 Å². The first-order valence-electron chi connectivity index (χ1n) is 9.32. The quantitative estimate of drug-likeness (QED) is 0.502. The van der Waals surface area contributed by atoms with E-state index in [1.807, 2.05) is 0 Å². The van der Waals surface area contributed by atoms with Gasteiger partial charge in [0.1, 0.15) is 24.4 Å². The van der Waals surface area contributed by atoms with Gasteiger partial charge in [-0.15, -0.1) is 0 Å². The molecule has 0 amide bonds. The maximum atomic E-state index is 13.0. The third kappa shape index (κ3) is 4.74. The number of rotatable bonds is 8. The summed E-state index contributed by atoms with van der Waals surface area (Å²) in [6.07, 6.45) is 1.35. The first kappa shape index (κ1) is 21.7. The third-order valence-electron chi connectivity index (χ3n) is 4.43. The highest BCUT2D eigenvalue weighted by atomic mass is 32.2. The van der Waals surface area contributed by atoms with Crippen LogP contribution in [0.2, 0.25) is 0 Å². The predicted octanol–water partition coefficient (Wildman–Crippen LogP) is 3.87. The summed E-state index contributed by atoms with van der Waals surface area (Å²) in [6.45, 7) is 4.12. The summed E-state index contributed by atoms with van der Waals surface area (Å²) in [5.74, 6) is -0.699. The van der Waals surface area contributed by atoms with E-state index >= 15 is 0 Å². The van der Waals surface area contributed by atoms with E-state index in [1.54, 1.807) is 13.8 Å². The lowest BCUT2D eigenvalue weighted by molar-refractivity contribution is 0.0467. The van der Waals surface area contributed by atoms with Crippen LogP contribution in [0.5, 0.6) is 0 Å². The van der Waals surface area contributed by atoms with Gasteiger partial charge in [0, 0.05) is 18.7 Å². The van der Waals surface area contributed by atoms with E-state index in [4.69, 9.17) is 9.15 Å². The Hall–Kier alpha value is -3.04. The molecule has 0 fully saturated rings. The average molecular weight is 432 g/mol. The van der Waals surface area contributed by atoms with Crippen LogP contribution in [0.3, 0.4) is 0 Å². The molecular formula is C21H21FN2O5S. The van der Waals surface area contributed by atoms with Gasteiger partial charge in [-0.2, -0.15) is 4.31 Å². The van der Waals surface area contributed by atoms with Gasteiger partial charge in [-0.3, -0.25) is 0 Å². The zero-order chi connectivity index (χ0) is 21.7. The smallest absolute Gasteiger partial charge is 0.338 e. The lowest BCUT2D eigenvalue weighted by Gasteiger charge is -2.18. The molecule has 3 rings (SSSR count). The number of hydrogen-bond acceptors (Lipinski definition) is 6. The van der Waals surface area contributed by atoms with Crippen molar-refractivity contribution < 1.29 is 26.8 Å². The van der Waals surface area contributed by atoms with Gasteiger partial charge in [0.05, 0.1) is 10.5 Å². The molecule has 1 aromatic heterocycles. The van der Waals surface area contributed by atoms with Crippen LogP contribution in [0, 0.1) is 5.82 Å². The Morgan fingerprint density at radius 2 is 1.70 bits per heavy atom. The lowest BCUT2D eigenvalue weighted by Crippen LogP contribution is -2.30. The number of nitrogens with zero attached hydrogens (tertiary/aromatic N) is 2. The van der Waals surface area contributed by atoms with Gasteiger partial charge in [0.2, 0.25) is 15.9 Å². The van der Waals surface area contributed by atoms with Crippen molar-refractivity contribution in [2.75, 3.05) is 13.1 Å². The molecule has 30 heavy (non-hydrogen) atoms. The molecular weight excluding hydrogens is 411 g/mol. The topological polar surface area (TPSA) is 89.7 Å². The van der Waals surface area contributed by atoms with Crippen molar-refractivity contribution in [3.63, 3.8) is 0 Å². The van der Waals surface area contributed by atoms with Crippen molar-refractivity contribution >= 4 is 16.0 Å². The molecule has 0 aliphatic heterocycles. The van der Waals surface area contributed by atoms with Crippen molar-refractivity contribution in [1.29, 1.82) is 0 Å². The lowest BCUT2D eigenvalue weighted by atomic mass is 10.2. The number of carbonyl (C=O) groups is 1. The summed E-state index contributed by atoms with van der Waals surface area (Å²) < 4.78 is 49.9. The summed E-state index contributed by atoms with van der Waals surface area (Å²) in [4.78, 5) is 16.6. The Morgan fingerprint density at radius 1 is 1.07 bits per heavy atom. The summed E-state index contributed by atoms with van der Waals surface area (Å²) in [5, 5.41) is 0. The fourth-order valence-electron chi connectivity index (χ4n) is 2.80. The second-order valence-corrected chi connectivity index (χ2v) is 8.28. The number of esters is 1. The number of benzene rings is 2. The van der Waals surface area contributed by atoms with Crippen molar-refractivity contribution in [3.8, 4) is 11.5 Å². The Morgan fingerprint density at radius 3 is 2.30 bits per heavy atom. The molecule has 1 heterocycles. The summed E-state index contributed by atoms with van der Waals surface area (Å²) in [5.41, 5.74) is 1.21. The number of sulfonamides is 1. The van der Waals surface area contributed by atoms with E-state index in [-0.39, 0.29) is 28.8 Å². The molecule has 158 valence electrons. The minimum atomic E-state index is -3.59. The molecule has 0 saturated heterocycles. The molecule has 9 heteroatoms. The molecule has 0 unspecified atom stereocenters. The second kappa shape index (κ2) is 9.19. The van der Waals surface area contributed by atoms with Crippen molar-refractivity contribution in [2.24, 2.45) is 0 Å². The van der Waals surface area contributed by atoms with Crippen LogP contribution < -0.4 is 0 Å². The highest BCUT2D eigenvalue weighted by Gasteiger charge is 2.22. The largest absolute Gasteiger partial charge is 0.455 e. The maximum absolute atomic E-state index is 13.0. The Bertz CT molecular complexity index is 1110. The van der Waals surface area contributed by atoms with Crippen LogP contribution in [0.25, 0.3) is 11.5 Å². The van der Waals surface area contributed by atoms with Crippen molar-refractivity contribution in [2.45, 2.75) is 25.3 Å². The molecule has 0 N–H and O–H groups in total. The Labute approximate surface area is 174 Å². The van der Waals surface area contributed by atoms with Crippen LogP contribution in [0.15, 0.2) is 64.1 Å². The number of halogens is 1. The van der Waals surface area contributed by atoms with Gasteiger partial charge in [-0.25, -0.2) is 22.6 Å². The van der Waals surface area contributed by atoms with Gasteiger partial charge in [0.25, 0.3) is 0 Å². The molecule has 0 aliphatic rings. The Balaban J connectivity index is 1.64. The van der Waals surface area contributed by atoms with E-state index < -0.39 is 16.0 Å². The number of oxazole rings is 1. The van der Waals surface area contributed by atoms with E-state index in [2.05, 4.69) is 4.98 Å². The molecule has 3 aromatic rings. The number of carbonyl (C=O) groups excluding carboxylic acids is 1. The SMILES string of the molecule is CCN(CC)S(=O)(=O)c1ccc(C(=O)OCc2coc(-c3ccc(F)cc3)n2)cc1. The third-order valence-corrected chi connectivity index (χ3v) is 6.49. The standard InChI is InChI=1S/C21H21FN2O5S/c1-3-24(4-2)30(26,27)19-11-7-16(8-12-19)21(25)29-14-18-13-28-20(23-18)15-5-9-17(22)10-6-15/h5-13H,3-4,14H2,1-2H3. The van der Waals surface area contributed by atoms with E-state index in [0.717, 1.165) is 0 Å². The first-order chi connectivity index (χ1) is 14.3. The number of aromatic nitrogens is 1. The van der Waals surface area contributed by atoms with Crippen LogP contribution in [0.4, 0.5) is 4.39 Å². The second-order valence-electron chi connectivity index (χ2n) is 6.34. The molecule has 0 aliphatic carbocycles. The molecule has 0 saturated carbocycles. The molecule has 0 bridgehead atoms. The predicted molar refractivity (Wildman–Crippen MR) is 108 cm³/mol.